The van der Waals surface area contributed by atoms with Gasteiger partial charge in [-0.25, -0.2) is 4.79 Å². The first-order valence-corrected chi connectivity index (χ1v) is 8.30. The van der Waals surface area contributed by atoms with Crippen molar-refractivity contribution in [2.75, 3.05) is 0 Å². The van der Waals surface area contributed by atoms with E-state index in [1.54, 1.807) is 6.08 Å². The first kappa shape index (κ1) is 18.4. The Kier molecular flexibility index (Phi) is 5.00. The van der Waals surface area contributed by atoms with E-state index in [1.165, 1.54) is 6.92 Å². The summed E-state index contributed by atoms with van der Waals surface area (Å²) in [6.45, 7) is 10.8. The van der Waals surface area contributed by atoms with Gasteiger partial charge in [0.1, 0.15) is 11.7 Å². The maximum absolute atomic E-state index is 12.7. The minimum Gasteiger partial charge on any atom is -0.458 e. The van der Waals surface area contributed by atoms with Gasteiger partial charge in [0, 0.05) is 5.57 Å². The number of ether oxygens (including phenoxy) is 2. The fourth-order valence-electron chi connectivity index (χ4n) is 2.83. The smallest absolute Gasteiger partial charge is 0.343 e. The number of esters is 1. The molecule has 0 saturated carbocycles. The van der Waals surface area contributed by atoms with E-state index < -0.39 is 23.3 Å². The second-order valence-electron chi connectivity index (χ2n) is 7.26. The minimum absolute atomic E-state index is 0.0952. The van der Waals surface area contributed by atoms with Gasteiger partial charge >= 0.3 is 5.97 Å². The molecule has 2 atom stereocenters. The Morgan fingerprint density at radius 3 is 2.38 bits per heavy atom. The highest BCUT2D eigenvalue weighted by molar-refractivity contribution is 5.97. The van der Waals surface area contributed by atoms with Crippen LogP contribution in [0.4, 0.5) is 0 Å². The van der Waals surface area contributed by atoms with Gasteiger partial charge in [-0.05, 0) is 58.2 Å². The fraction of sp³-hybridized carbons (Fsp3) is 0.500. The van der Waals surface area contributed by atoms with Gasteiger partial charge in [0.05, 0.1) is 0 Å². The van der Waals surface area contributed by atoms with Crippen LogP contribution in [-0.4, -0.2) is 23.0 Å². The Balaban J connectivity index is 2.45. The summed E-state index contributed by atoms with van der Waals surface area (Å²) in [6, 6.07) is 7.74. The molecule has 0 aliphatic carbocycles. The molecule has 0 amide bonds. The maximum Gasteiger partial charge on any atom is 0.343 e. The van der Waals surface area contributed by atoms with Crippen LogP contribution < -0.4 is 0 Å². The molecule has 24 heavy (non-hydrogen) atoms. The molecule has 0 radical (unpaired) electrons. The van der Waals surface area contributed by atoms with Crippen molar-refractivity contribution < 1.29 is 19.1 Å². The molecule has 4 nitrogen and oxygen atoms in total. The Morgan fingerprint density at radius 2 is 1.88 bits per heavy atom. The summed E-state index contributed by atoms with van der Waals surface area (Å²) >= 11 is 0. The Labute approximate surface area is 143 Å². The molecule has 0 fully saturated rings. The highest BCUT2D eigenvalue weighted by Gasteiger charge is 2.48. The SMILES string of the molecule is CC[C@]1(C(=O)OC(C)(C)C)C=C(C(C)=O)[C@@H](c2ccccc2C)O1. The maximum atomic E-state index is 12.7. The van der Waals surface area contributed by atoms with E-state index in [1.807, 2.05) is 58.9 Å². The quantitative estimate of drug-likeness (QED) is 0.781. The van der Waals surface area contributed by atoms with Crippen molar-refractivity contribution in [3.8, 4) is 0 Å². The van der Waals surface area contributed by atoms with Gasteiger partial charge in [-0.2, -0.15) is 0 Å². The van der Waals surface area contributed by atoms with E-state index in [9.17, 15) is 9.59 Å². The average molecular weight is 330 g/mol. The third-order valence-corrected chi connectivity index (χ3v) is 4.15. The summed E-state index contributed by atoms with van der Waals surface area (Å²) in [4.78, 5) is 24.9. The van der Waals surface area contributed by atoms with Crippen LogP contribution in [0.5, 0.6) is 0 Å². The molecule has 1 aliphatic rings. The largest absolute Gasteiger partial charge is 0.458 e. The van der Waals surface area contributed by atoms with Crippen molar-refractivity contribution in [3.05, 3.63) is 47.0 Å². The highest BCUT2D eigenvalue weighted by Crippen LogP contribution is 2.43. The van der Waals surface area contributed by atoms with Gasteiger partial charge < -0.3 is 9.47 Å². The molecule has 2 rings (SSSR count). The number of aryl methyl sites for hydroxylation is 1. The van der Waals surface area contributed by atoms with E-state index in [2.05, 4.69) is 0 Å². The van der Waals surface area contributed by atoms with Gasteiger partial charge in [0.15, 0.2) is 11.4 Å². The van der Waals surface area contributed by atoms with Gasteiger partial charge in [-0.1, -0.05) is 31.2 Å². The standard InChI is InChI=1S/C20H26O4/c1-7-20(18(22)24-19(4,5)6)12-16(14(3)21)17(23-20)15-11-9-8-10-13(15)2/h8-12,17H,7H2,1-6H3/t17-,20-/m1/s1. The molecule has 0 spiro atoms. The molecular formula is C20H26O4. The molecule has 0 bridgehead atoms. The van der Waals surface area contributed by atoms with Crippen LogP contribution in [0.1, 0.15) is 58.3 Å². The summed E-state index contributed by atoms with van der Waals surface area (Å²) in [5, 5.41) is 0. The van der Waals surface area contributed by atoms with Crippen LogP contribution >= 0.6 is 0 Å². The first-order chi connectivity index (χ1) is 11.1. The summed E-state index contributed by atoms with van der Waals surface area (Å²) in [7, 11) is 0. The van der Waals surface area contributed by atoms with Crippen LogP contribution in [0, 0.1) is 6.92 Å². The number of carbonyl (C=O) groups excluding carboxylic acids is 2. The van der Waals surface area contributed by atoms with Crippen molar-refractivity contribution in [1.82, 2.24) is 0 Å². The fourth-order valence-corrected chi connectivity index (χ4v) is 2.83. The molecule has 1 aliphatic heterocycles. The predicted octanol–water partition coefficient (Wildman–Crippen LogP) is 4.07. The lowest BCUT2D eigenvalue weighted by molar-refractivity contribution is -0.179. The zero-order valence-electron chi connectivity index (χ0n) is 15.3. The Bertz CT molecular complexity index is 681. The lowest BCUT2D eigenvalue weighted by atomic mass is 9.94. The van der Waals surface area contributed by atoms with Crippen molar-refractivity contribution >= 4 is 11.8 Å². The Morgan fingerprint density at radius 1 is 1.25 bits per heavy atom. The van der Waals surface area contributed by atoms with Crippen molar-refractivity contribution in [2.45, 2.75) is 65.3 Å². The summed E-state index contributed by atoms with van der Waals surface area (Å²) in [5.74, 6) is -0.547. The summed E-state index contributed by atoms with van der Waals surface area (Å²) in [6.07, 6.45) is 1.51. The molecule has 0 aromatic heterocycles. The topological polar surface area (TPSA) is 52.6 Å². The average Bonchev–Trinajstić information content (AvgIpc) is 2.87. The van der Waals surface area contributed by atoms with E-state index in [0.717, 1.165) is 11.1 Å². The van der Waals surface area contributed by atoms with Crippen LogP contribution in [0.25, 0.3) is 0 Å². The van der Waals surface area contributed by atoms with E-state index in [-0.39, 0.29) is 5.78 Å². The van der Waals surface area contributed by atoms with Crippen molar-refractivity contribution in [2.24, 2.45) is 0 Å². The van der Waals surface area contributed by atoms with Gasteiger partial charge in [0.25, 0.3) is 0 Å². The van der Waals surface area contributed by atoms with Crippen molar-refractivity contribution in [3.63, 3.8) is 0 Å². The molecule has 130 valence electrons. The number of carbonyl (C=O) groups is 2. The second kappa shape index (κ2) is 6.52. The third kappa shape index (κ3) is 3.59. The van der Waals surface area contributed by atoms with Crippen LogP contribution in [-0.2, 0) is 19.1 Å². The van der Waals surface area contributed by atoms with Crippen molar-refractivity contribution in [1.29, 1.82) is 0 Å². The summed E-state index contributed by atoms with van der Waals surface area (Å²) in [5.41, 5.74) is 0.593. The number of hydrogen-bond acceptors (Lipinski definition) is 4. The lowest BCUT2D eigenvalue weighted by Gasteiger charge is -2.30. The van der Waals surface area contributed by atoms with Crippen LogP contribution in [0.15, 0.2) is 35.9 Å². The Hall–Kier alpha value is -1.94. The molecule has 1 heterocycles. The van der Waals surface area contributed by atoms with Gasteiger partial charge in [0.2, 0.25) is 0 Å². The predicted molar refractivity (Wildman–Crippen MR) is 92.6 cm³/mol. The molecule has 4 heteroatoms. The number of benzene rings is 1. The lowest BCUT2D eigenvalue weighted by Crippen LogP contribution is -2.42. The molecule has 1 aromatic rings. The van der Waals surface area contributed by atoms with Crippen LogP contribution in [0.3, 0.4) is 0 Å². The third-order valence-electron chi connectivity index (χ3n) is 4.15. The molecular weight excluding hydrogens is 304 g/mol. The molecule has 0 unspecified atom stereocenters. The highest BCUT2D eigenvalue weighted by atomic mass is 16.6. The van der Waals surface area contributed by atoms with E-state index in [4.69, 9.17) is 9.47 Å². The molecule has 0 saturated heterocycles. The number of hydrogen-bond donors (Lipinski definition) is 0. The second-order valence-corrected chi connectivity index (χ2v) is 7.26. The first-order valence-electron chi connectivity index (χ1n) is 8.30. The molecule has 1 aromatic carbocycles. The molecule has 0 N–H and O–H groups in total. The number of rotatable bonds is 4. The monoisotopic (exact) mass is 330 g/mol. The zero-order chi connectivity index (χ0) is 18.1. The zero-order valence-corrected chi connectivity index (χ0v) is 15.3. The van der Waals surface area contributed by atoms with Crippen LogP contribution in [0.2, 0.25) is 0 Å². The summed E-state index contributed by atoms with van der Waals surface area (Å²) < 4.78 is 11.7. The van der Waals surface area contributed by atoms with Gasteiger partial charge in [-0.3, -0.25) is 4.79 Å². The van der Waals surface area contributed by atoms with E-state index in [0.29, 0.717) is 12.0 Å². The number of ketones is 1. The number of Topliss-reactive ketones (excluding diaryl/α,β-unsaturated/α-hetero) is 1. The van der Waals surface area contributed by atoms with E-state index >= 15 is 0 Å². The minimum atomic E-state index is -1.22. The van der Waals surface area contributed by atoms with Gasteiger partial charge in [-0.15, -0.1) is 0 Å². The normalized spacial score (nSPS) is 23.8.